The van der Waals surface area contributed by atoms with Crippen LogP contribution in [0.15, 0.2) is 24.3 Å². The standard InChI is InChI=1S/C18H26BNO4/c1-13-12-20(9-10-22-13)16(21)14-7-6-8-15(11-14)19-23-17(2,3)18(4,5)24-19/h6-8,11,13H,9-10,12H2,1-5H3. The Bertz CT molecular complexity index is 615. The first-order valence-electron chi connectivity index (χ1n) is 8.56. The van der Waals surface area contributed by atoms with Gasteiger partial charge in [0.15, 0.2) is 0 Å². The third kappa shape index (κ3) is 3.23. The summed E-state index contributed by atoms with van der Waals surface area (Å²) in [5.74, 6) is 0.0310. The summed E-state index contributed by atoms with van der Waals surface area (Å²) in [4.78, 5) is 14.6. The summed E-state index contributed by atoms with van der Waals surface area (Å²) in [6, 6.07) is 7.56. The zero-order valence-corrected chi connectivity index (χ0v) is 15.2. The van der Waals surface area contributed by atoms with Crippen LogP contribution in [0.5, 0.6) is 0 Å². The summed E-state index contributed by atoms with van der Waals surface area (Å²) >= 11 is 0. The van der Waals surface area contributed by atoms with Crippen molar-refractivity contribution in [2.75, 3.05) is 19.7 Å². The molecule has 0 radical (unpaired) electrons. The average molecular weight is 331 g/mol. The van der Waals surface area contributed by atoms with E-state index in [0.717, 1.165) is 5.46 Å². The van der Waals surface area contributed by atoms with Crippen LogP contribution in [0.2, 0.25) is 0 Å². The number of hydrogen-bond donors (Lipinski definition) is 0. The highest BCUT2D eigenvalue weighted by molar-refractivity contribution is 6.62. The third-order valence-corrected chi connectivity index (χ3v) is 5.19. The summed E-state index contributed by atoms with van der Waals surface area (Å²) in [6.45, 7) is 11.9. The van der Waals surface area contributed by atoms with Crippen LogP contribution in [0.1, 0.15) is 45.0 Å². The van der Waals surface area contributed by atoms with E-state index in [1.807, 2.05) is 63.8 Å². The van der Waals surface area contributed by atoms with Gasteiger partial charge in [0, 0.05) is 18.7 Å². The number of ether oxygens (including phenoxy) is 1. The molecule has 130 valence electrons. The Labute approximate surface area is 144 Å². The predicted molar refractivity (Wildman–Crippen MR) is 93.5 cm³/mol. The lowest BCUT2D eigenvalue weighted by Crippen LogP contribution is -2.45. The maximum Gasteiger partial charge on any atom is 0.494 e. The van der Waals surface area contributed by atoms with Gasteiger partial charge in [-0.05, 0) is 52.2 Å². The first kappa shape index (κ1) is 17.5. The topological polar surface area (TPSA) is 48.0 Å². The van der Waals surface area contributed by atoms with Gasteiger partial charge in [-0.25, -0.2) is 0 Å². The monoisotopic (exact) mass is 331 g/mol. The lowest BCUT2D eigenvalue weighted by Gasteiger charge is -2.32. The Kier molecular flexibility index (Phi) is 4.49. The van der Waals surface area contributed by atoms with E-state index in [4.69, 9.17) is 14.0 Å². The highest BCUT2D eigenvalue weighted by Crippen LogP contribution is 2.36. The van der Waals surface area contributed by atoms with Gasteiger partial charge in [-0.1, -0.05) is 12.1 Å². The highest BCUT2D eigenvalue weighted by atomic mass is 16.7. The minimum Gasteiger partial charge on any atom is -0.399 e. The van der Waals surface area contributed by atoms with Gasteiger partial charge in [0.05, 0.1) is 23.9 Å². The van der Waals surface area contributed by atoms with E-state index in [2.05, 4.69) is 0 Å². The van der Waals surface area contributed by atoms with Crippen molar-refractivity contribution in [3.63, 3.8) is 0 Å². The van der Waals surface area contributed by atoms with E-state index in [-0.39, 0.29) is 12.0 Å². The number of benzene rings is 1. The third-order valence-electron chi connectivity index (χ3n) is 5.19. The molecule has 0 spiro atoms. The molecule has 5 nitrogen and oxygen atoms in total. The van der Waals surface area contributed by atoms with Crippen LogP contribution >= 0.6 is 0 Å². The van der Waals surface area contributed by atoms with Gasteiger partial charge in [-0.2, -0.15) is 0 Å². The number of amides is 1. The summed E-state index contributed by atoms with van der Waals surface area (Å²) in [5.41, 5.74) is 0.756. The van der Waals surface area contributed by atoms with Gasteiger partial charge in [-0.3, -0.25) is 4.79 Å². The molecule has 6 heteroatoms. The van der Waals surface area contributed by atoms with E-state index in [9.17, 15) is 4.79 Å². The van der Waals surface area contributed by atoms with E-state index >= 15 is 0 Å². The lowest BCUT2D eigenvalue weighted by atomic mass is 9.78. The lowest BCUT2D eigenvalue weighted by molar-refractivity contribution is -0.0124. The molecule has 1 aromatic rings. The van der Waals surface area contributed by atoms with Gasteiger partial charge in [0.2, 0.25) is 0 Å². The van der Waals surface area contributed by atoms with Crippen molar-refractivity contribution in [3.05, 3.63) is 29.8 Å². The molecule has 0 bridgehead atoms. The van der Waals surface area contributed by atoms with Crippen molar-refractivity contribution < 1.29 is 18.8 Å². The smallest absolute Gasteiger partial charge is 0.399 e. The summed E-state index contributed by atoms with van der Waals surface area (Å²) in [5, 5.41) is 0. The zero-order valence-electron chi connectivity index (χ0n) is 15.2. The molecule has 0 aromatic heterocycles. The Balaban J connectivity index is 1.79. The normalized spacial score (nSPS) is 25.8. The van der Waals surface area contributed by atoms with Gasteiger partial charge < -0.3 is 18.9 Å². The van der Waals surface area contributed by atoms with Crippen LogP contribution in [-0.2, 0) is 14.0 Å². The molecular weight excluding hydrogens is 305 g/mol. The van der Waals surface area contributed by atoms with Gasteiger partial charge in [0.1, 0.15) is 0 Å². The first-order chi connectivity index (χ1) is 11.2. The van der Waals surface area contributed by atoms with Crippen LogP contribution in [0, 0.1) is 0 Å². The molecule has 3 rings (SSSR count). The summed E-state index contributed by atoms with van der Waals surface area (Å²) in [6.07, 6.45) is 0.0778. The molecule has 2 heterocycles. The molecule has 0 N–H and O–H groups in total. The van der Waals surface area contributed by atoms with Gasteiger partial charge in [0.25, 0.3) is 5.91 Å². The number of morpholine rings is 1. The fraction of sp³-hybridized carbons (Fsp3) is 0.611. The molecule has 2 aliphatic heterocycles. The molecule has 1 atom stereocenters. The van der Waals surface area contributed by atoms with Crippen molar-refractivity contribution in [3.8, 4) is 0 Å². The van der Waals surface area contributed by atoms with Crippen LogP contribution in [0.3, 0.4) is 0 Å². The highest BCUT2D eigenvalue weighted by Gasteiger charge is 2.51. The molecule has 1 aromatic carbocycles. The molecule has 1 amide bonds. The Morgan fingerprint density at radius 1 is 1.21 bits per heavy atom. The van der Waals surface area contributed by atoms with E-state index < -0.39 is 18.3 Å². The molecule has 2 fully saturated rings. The molecule has 1 unspecified atom stereocenters. The zero-order chi connectivity index (χ0) is 17.5. The fourth-order valence-electron chi connectivity index (χ4n) is 2.98. The quantitative estimate of drug-likeness (QED) is 0.776. The summed E-state index contributed by atoms with van der Waals surface area (Å²) in [7, 11) is -0.452. The van der Waals surface area contributed by atoms with Crippen LogP contribution in [0.25, 0.3) is 0 Å². The Hall–Kier alpha value is -1.37. The maximum atomic E-state index is 12.8. The van der Waals surface area contributed by atoms with Gasteiger partial charge >= 0.3 is 7.12 Å². The minimum absolute atomic E-state index is 0.0310. The molecular formula is C18H26BNO4. The molecule has 2 aliphatic rings. The van der Waals surface area contributed by atoms with E-state index in [1.54, 1.807) is 0 Å². The fourth-order valence-corrected chi connectivity index (χ4v) is 2.98. The van der Waals surface area contributed by atoms with Crippen molar-refractivity contribution in [2.45, 2.75) is 51.9 Å². The molecule has 2 saturated heterocycles. The SMILES string of the molecule is CC1CN(C(=O)c2cccc(B3OC(C)(C)C(C)(C)O3)c2)CCO1. The van der Waals surface area contributed by atoms with Crippen LogP contribution in [0.4, 0.5) is 0 Å². The van der Waals surface area contributed by atoms with Crippen molar-refractivity contribution in [1.29, 1.82) is 0 Å². The van der Waals surface area contributed by atoms with E-state index in [0.29, 0.717) is 25.3 Å². The van der Waals surface area contributed by atoms with Crippen LogP contribution in [-0.4, -0.2) is 54.9 Å². The second kappa shape index (κ2) is 6.17. The van der Waals surface area contributed by atoms with Crippen molar-refractivity contribution in [1.82, 2.24) is 4.90 Å². The average Bonchev–Trinajstić information content (AvgIpc) is 2.75. The Morgan fingerprint density at radius 3 is 2.50 bits per heavy atom. The van der Waals surface area contributed by atoms with E-state index in [1.165, 1.54) is 0 Å². The number of carbonyl (C=O) groups excluding carboxylic acids is 1. The van der Waals surface area contributed by atoms with Crippen LogP contribution < -0.4 is 5.46 Å². The maximum absolute atomic E-state index is 12.8. The van der Waals surface area contributed by atoms with Gasteiger partial charge in [-0.15, -0.1) is 0 Å². The Morgan fingerprint density at radius 2 is 1.88 bits per heavy atom. The largest absolute Gasteiger partial charge is 0.494 e. The second-order valence-electron chi connectivity index (χ2n) is 7.65. The summed E-state index contributed by atoms with van der Waals surface area (Å²) < 4.78 is 17.7. The number of hydrogen-bond acceptors (Lipinski definition) is 4. The molecule has 24 heavy (non-hydrogen) atoms. The van der Waals surface area contributed by atoms with Crippen molar-refractivity contribution >= 4 is 18.5 Å². The number of rotatable bonds is 2. The molecule has 0 saturated carbocycles. The second-order valence-corrected chi connectivity index (χ2v) is 7.65. The minimum atomic E-state index is -0.452. The number of nitrogens with zero attached hydrogens (tertiary/aromatic N) is 1. The first-order valence-corrected chi connectivity index (χ1v) is 8.56. The number of carbonyl (C=O) groups is 1. The predicted octanol–water partition coefficient (Wildman–Crippen LogP) is 1.85. The molecule has 0 aliphatic carbocycles. The van der Waals surface area contributed by atoms with Crippen molar-refractivity contribution in [2.24, 2.45) is 0 Å².